The van der Waals surface area contributed by atoms with E-state index >= 15 is 0 Å². The predicted octanol–water partition coefficient (Wildman–Crippen LogP) is 1.80. The maximum Gasteiger partial charge on any atom is 0.417 e. The largest absolute Gasteiger partial charge is 0.417 e. The molecule has 0 unspecified atom stereocenters. The molecule has 0 saturated heterocycles. The molecule has 1 aromatic rings. The molecule has 0 amide bonds. The van der Waals surface area contributed by atoms with Crippen LogP contribution >= 0.6 is 0 Å². The molecule has 1 N–H and O–H groups in total. The van der Waals surface area contributed by atoms with Gasteiger partial charge in [0, 0.05) is 38.4 Å². The van der Waals surface area contributed by atoms with Crippen LogP contribution < -0.4 is 10.9 Å². The Hall–Kier alpha value is -1.34. The summed E-state index contributed by atoms with van der Waals surface area (Å²) in [7, 11) is 0. The summed E-state index contributed by atoms with van der Waals surface area (Å²) in [6, 6.07) is 1.77. The highest BCUT2D eigenvalue weighted by Gasteiger charge is 2.30. The second-order valence-electron chi connectivity index (χ2n) is 4.72. The normalized spacial score (nSPS) is 12.1. The first kappa shape index (κ1) is 17.7. The zero-order valence-electron chi connectivity index (χ0n) is 12.4. The van der Waals surface area contributed by atoms with Gasteiger partial charge < -0.3 is 14.8 Å². The number of nitrogens with zero attached hydrogens (tertiary/aromatic N) is 2. The van der Waals surface area contributed by atoms with Crippen molar-refractivity contribution in [2.45, 2.75) is 26.6 Å². The maximum atomic E-state index is 12.6. The average Bonchev–Trinajstić information content (AvgIpc) is 2.43. The van der Waals surface area contributed by atoms with E-state index in [0.717, 1.165) is 49.1 Å². The molecular formula is C14H22F3N3O. The lowest BCUT2D eigenvalue weighted by Crippen LogP contribution is -2.34. The van der Waals surface area contributed by atoms with Crippen molar-refractivity contribution in [2.75, 3.05) is 32.7 Å². The monoisotopic (exact) mass is 305 g/mol. The molecule has 0 saturated carbocycles. The second-order valence-corrected chi connectivity index (χ2v) is 4.72. The van der Waals surface area contributed by atoms with Crippen molar-refractivity contribution in [2.24, 2.45) is 0 Å². The van der Waals surface area contributed by atoms with E-state index in [0.29, 0.717) is 6.54 Å². The van der Waals surface area contributed by atoms with Crippen LogP contribution in [0.15, 0.2) is 23.1 Å². The second kappa shape index (κ2) is 8.19. The van der Waals surface area contributed by atoms with Crippen LogP contribution in [0.5, 0.6) is 0 Å². The van der Waals surface area contributed by atoms with Crippen molar-refractivity contribution < 1.29 is 13.2 Å². The molecule has 0 atom stereocenters. The fourth-order valence-corrected chi connectivity index (χ4v) is 1.98. The van der Waals surface area contributed by atoms with Crippen LogP contribution in [0.4, 0.5) is 13.2 Å². The van der Waals surface area contributed by atoms with Gasteiger partial charge in [0.05, 0.1) is 5.56 Å². The van der Waals surface area contributed by atoms with E-state index in [-0.39, 0.29) is 6.54 Å². The smallest absolute Gasteiger partial charge is 0.314 e. The fourth-order valence-electron chi connectivity index (χ4n) is 1.98. The Bertz CT molecular complexity index is 481. The highest BCUT2D eigenvalue weighted by Crippen LogP contribution is 2.27. The van der Waals surface area contributed by atoms with Crippen LogP contribution in [0.25, 0.3) is 0 Å². The molecule has 0 bridgehead atoms. The third-order valence-electron chi connectivity index (χ3n) is 3.34. The number of hydrogen-bond donors (Lipinski definition) is 1. The summed E-state index contributed by atoms with van der Waals surface area (Å²) in [5.41, 5.74) is -1.22. The first-order chi connectivity index (χ1) is 9.88. The molecule has 0 spiro atoms. The number of rotatable bonds is 8. The van der Waals surface area contributed by atoms with Crippen molar-refractivity contribution >= 4 is 0 Å². The molecule has 0 aliphatic carbocycles. The zero-order valence-corrected chi connectivity index (χ0v) is 12.4. The number of hydrogen-bond acceptors (Lipinski definition) is 3. The van der Waals surface area contributed by atoms with Gasteiger partial charge in [-0.1, -0.05) is 13.8 Å². The Morgan fingerprint density at radius 2 is 1.86 bits per heavy atom. The first-order valence-corrected chi connectivity index (χ1v) is 7.09. The number of aromatic nitrogens is 1. The molecular weight excluding hydrogens is 283 g/mol. The van der Waals surface area contributed by atoms with Gasteiger partial charge in [-0.05, 0) is 19.2 Å². The zero-order chi connectivity index (χ0) is 15.9. The number of halogens is 3. The van der Waals surface area contributed by atoms with Gasteiger partial charge in [0.25, 0.3) is 5.56 Å². The molecule has 4 nitrogen and oxygen atoms in total. The number of alkyl halides is 3. The summed E-state index contributed by atoms with van der Waals surface area (Å²) in [6.45, 7) is 8.39. The third-order valence-corrected chi connectivity index (χ3v) is 3.34. The minimum atomic E-state index is -4.42. The van der Waals surface area contributed by atoms with Gasteiger partial charge >= 0.3 is 6.18 Å². The molecule has 0 aromatic carbocycles. The topological polar surface area (TPSA) is 37.3 Å². The molecule has 1 heterocycles. The van der Waals surface area contributed by atoms with Gasteiger partial charge in [-0.3, -0.25) is 4.79 Å². The van der Waals surface area contributed by atoms with Gasteiger partial charge in [-0.2, -0.15) is 13.2 Å². The van der Waals surface area contributed by atoms with Crippen molar-refractivity contribution in [3.63, 3.8) is 0 Å². The molecule has 120 valence electrons. The van der Waals surface area contributed by atoms with E-state index in [4.69, 9.17) is 0 Å². The number of pyridine rings is 1. The highest BCUT2D eigenvalue weighted by atomic mass is 19.4. The van der Waals surface area contributed by atoms with E-state index in [1.54, 1.807) is 0 Å². The van der Waals surface area contributed by atoms with Crippen LogP contribution in [-0.4, -0.2) is 42.2 Å². The van der Waals surface area contributed by atoms with Gasteiger partial charge in [0.1, 0.15) is 0 Å². The standard InChI is InChI=1S/C14H22F3N3O/c1-3-19(4-2)9-7-18-8-10-20-11-12(14(15,16)17)5-6-13(20)21/h5-6,11,18H,3-4,7-10H2,1-2H3. The molecule has 1 rings (SSSR count). The average molecular weight is 305 g/mol. The summed E-state index contributed by atoms with van der Waals surface area (Å²) >= 11 is 0. The molecule has 0 fully saturated rings. The Morgan fingerprint density at radius 3 is 2.43 bits per heavy atom. The van der Waals surface area contributed by atoms with Gasteiger partial charge in [0.15, 0.2) is 0 Å². The lowest BCUT2D eigenvalue weighted by atomic mass is 10.3. The van der Waals surface area contributed by atoms with Crippen LogP contribution in [0.1, 0.15) is 19.4 Å². The maximum absolute atomic E-state index is 12.6. The highest BCUT2D eigenvalue weighted by molar-refractivity contribution is 5.13. The minimum Gasteiger partial charge on any atom is -0.314 e. The molecule has 21 heavy (non-hydrogen) atoms. The lowest BCUT2D eigenvalue weighted by molar-refractivity contribution is -0.138. The van der Waals surface area contributed by atoms with E-state index in [2.05, 4.69) is 24.1 Å². The fraction of sp³-hybridized carbons (Fsp3) is 0.643. The van der Waals surface area contributed by atoms with E-state index in [1.807, 2.05) is 0 Å². The van der Waals surface area contributed by atoms with Crippen molar-refractivity contribution in [3.8, 4) is 0 Å². The van der Waals surface area contributed by atoms with Crippen LogP contribution in [0, 0.1) is 0 Å². The Balaban J connectivity index is 2.47. The van der Waals surface area contributed by atoms with Crippen molar-refractivity contribution in [3.05, 3.63) is 34.2 Å². The van der Waals surface area contributed by atoms with Crippen molar-refractivity contribution in [1.82, 2.24) is 14.8 Å². The Labute approximate surface area is 122 Å². The summed E-state index contributed by atoms with van der Waals surface area (Å²) in [4.78, 5) is 13.8. The van der Waals surface area contributed by atoms with E-state index < -0.39 is 17.3 Å². The van der Waals surface area contributed by atoms with E-state index in [1.165, 1.54) is 0 Å². The van der Waals surface area contributed by atoms with Gasteiger partial charge in [0.2, 0.25) is 0 Å². The summed E-state index contributed by atoms with van der Waals surface area (Å²) in [5.74, 6) is 0. The molecule has 7 heteroatoms. The van der Waals surface area contributed by atoms with Crippen molar-refractivity contribution in [1.29, 1.82) is 0 Å². The van der Waals surface area contributed by atoms with E-state index in [9.17, 15) is 18.0 Å². The van der Waals surface area contributed by atoms with Gasteiger partial charge in [-0.25, -0.2) is 0 Å². The molecule has 0 aliphatic heterocycles. The molecule has 0 radical (unpaired) electrons. The summed E-state index contributed by atoms with van der Waals surface area (Å²) in [5, 5.41) is 3.14. The van der Waals surface area contributed by atoms with Gasteiger partial charge in [-0.15, -0.1) is 0 Å². The van der Waals surface area contributed by atoms with Crippen LogP contribution in [-0.2, 0) is 12.7 Å². The molecule has 1 aromatic heterocycles. The Morgan fingerprint density at radius 1 is 1.19 bits per heavy atom. The number of likely N-dealkylation sites (N-methyl/N-ethyl adjacent to an activating group) is 1. The quantitative estimate of drug-likeness (QED) is 0.744. The van der Waals surface area contributed by atoms with Crippen LogP contribution in [0.3, 0.4) is 0 Å². The summed E-state index contributed by atoms with van der Waals surface area (Å²) in [6.07, 6.45) is -3.56. The third kappa shape index (κ3) is 5.89. The number of nitrogens with one attached hydrogen (secondary N) is 1. The SMILES string of the molecule is CCN(CC)CCNCCn1cc(C(F)(F)F)ccc1=O. The minimum absolute atomic E-state index is 0.223. The lowest BCUT2D eigenvalue weighted by Gasteiger charge is -2.18. The first-order valence-electron chi connectivity index (χ1n) is 7.09. The predicted molar refractivity (Wildman–Crippen MR) is 76.4 cm³/mol. The molecule has 0 aliphatic rings. The summed E-state index contributed by atoms with van der Waals surface area (Å²) < 4.78 is 38.8. The van der Waals surface area contributed by atoms with Crippen LogP contribution in [0.2, 0.25) is 0 Å². The Kier molecular flexibility index (Phi) is 6.91.